The fraction of sp³-hybridized carbons (Fsp3) is 0.500. The number of rotatable bonds is 5. The standard InChI is InChI=1S/C14H19N3O3/c1-10-8-12(3-4-13(10)17(19)20)16-14(18)5-2-11-6-7-15-9-11/h3-4,8,11,15H,2,5-7,9H2,1H3,(H,16,18). The molecule has 6 heteroatoms. The monoisotopic (exact) mass is 277 g/mol. The van der Waals surface area contributed by atoms with Crippen molar-refractivity contribution in [2.24, 2.45) is 5.92 Å². The lowest BCUT2D eigenvalue weighted by Gasteiger charge is -2.09. The Morgan fingerprint density at radius 2 is 2.35 bits per heavy atom. The molecule has 1 atom stereocenters. The topological polar surface area (TPSA) is 84.3 Å². The van der Waals surface area contributed by atoms with Crippen molar-refractivity contribution in [3.63, 3.8) is 0 Å². The zero-order valence-corrected chi connectivity index (χ0v) is 11.5. The lowest BCUT2D eigenvalue weighted by atomic mass is 10.0. The third kappa shape index (κ3) is 3.77. The maximum atomic E-state index is 11.8. The molecule has 1 fully saturated rings. The number of benzene rings is 1. The molecule has 1 amide bonds. The average Bonchev–Trinajstić information content (AvgIpc) is 2.89. The van der Waals surface area contributed by atoms with E-state index in [-0.39, 0.29) is 11.6 Å². The lowest BCUT2D eigenvalue weighted by Crippen LogP contribution is -2.15. The minimum Gasteiger partial charge on any atom is -0.326 e. The van der Waals surface area contributed by atoms with Gasteiger partial charge in [0.05, 0.1) is 4.92 Å². The van der Waals surface area contributed by atoms with E-state index >= 15 is 0 Å². The highest BCUT2D eigenvalue weighted by Gasteiger charge is 2.16. The fourth-order valence-electron chi connectivity index (χ4n) is 2.46. The van der Waals surface area contributed by atoms with Crippen LogP contribution in [0.3, 0.4) is 0 Å². The molecule has 0 bridgehead atoms. The first-order chi connectivity index (χ1) is 9.56. The van der Waals surface area contributed by atoms with Gasteiger partial charge in [-0.05, 0) is 50.9 Å². The molecule has 1 aromatic rings. The average molecular weight is 277 g/mol. The third-order valence-corrected chi connectivity index (χ3v) is 3.62. The van der Waals surface area contributed by atoms with Crippen LogP contribution in [0, 0.1) is 23.0 Å². The van der Waals surface area contributed by atoms with Crippen molar-refractivity contribution in [3.8, 4) is 0 Å². The summed E-state index contributed by atoms with van der Waals surface area (Å²) in [5.41, 5.74) is 1.23. The number of nitrogens with one attached hydrogen (secondary N) is 2. The number of nitro groups is 1. The Labute approximate surface area is 117 Å². The Kier molecular flexibility index (Phi) is 4.68. The number of carbonyl (C=O) groups excluding carboxylic acids is 1. The molecule has 2 rings (SSSR count). The van der Waals surface area contributed by atoms with E-state index in [1.807, 2.05) is 0 Å². The highest BCUT2D eigenvalue weighted by molar-refractivity contribution is 5.90. The summed E-state index contributed by atoms with van der Waals surface area (Å²) in [7, 11) is 0. The number of amides is 1. The first-order valence-corrected chi connectivity index (χ1v) is 6.82. The second kappa shape index (κ2) is 6.47. The molecule has 20 heavy (non-hydrogen) atoms. The van der Waals surface area contributed by atoms with Gasteiger partial charge in [-0.2, -0.15) is 0 Å². The van der Waals surface area contributed by atoms with Gasteiger partial charge in [0.1, 0.15) is 0 Å². The third-order valence-electron chi connectivity index (χ3n) is 3.62. The highest BCUT2D eigenvalue weighted by atomic mass is 16.6. The van der Waals surface area contributed by atoms with Gasteiger partial charge in [0.2, 0.25) is 5.91 Å². The van der Waals surface area contributed by atoms with Crippen molar-refractivity contribution in [1.29, 1.82) is 0 Å². The van der Waals surface area contributed by atoms with E-state index in [4.69, 9.17) is 0 Å². The minimum absolute atomic E-state index is 0.0369. The smallest absolute Gasteiger partial charge is 0.272 e. The summed E-state index contributed by atoms with van der Waals surface area (Å²) in [6, 6.07) is 4.62. The van der Waals surface area contributed by atoms with Gasteiger partial charge in [0.15, 0.2) is 0 Å². The molecule has 1 unspecified atom stereocenters. The van der Waals surface area contributed by atoms with Gasteiger partial charge in [0, 0.05) is 23.7 Å². The number of anilines is 1. The first-order valence-electron chi connectivity index (χ1n) is 6.82. The fourth-order valence-corrected chi connectivity index (χ4v) is 2.46. The summed E-state index contributed by atoms with van der Waals surface area (Å²) in [6.07, 6.45) is 2.50. The Hall–Kier alpha value is -1.95. The molecule has 2 N–H and O–H groups in total. The number of hydrogen-bond acceptors (Lipinski definition) is 4. The Morgan fingerprint density at radius 1 is 1.55 bits per heavy atom. The predicted molar refractivity (Wildman–Crippen MR) is 76.7 cm³/mol. The molecule has 1 aliphatic rings. The Bertz CT molecular complexity index is 510. The summed E-state index contributed by atoms with van der Waals surface area (Å²) >= 11 is 0. The molecule has 1 aliphatic heterocycles. The van der Waals surface area contributed by atoms with E-state index in [0.717, 1.165) is 25.9 Å². The summed E-state index contributed by atoms with van der Waals surface area (Å²) < 4.78 is 0. The SMILES string of the molecule is Cc1cc(NC(=O)CCC2CCNC2)ccc1[N+](=O)[O-]. The molecule has 0 aliphatic carbocycles. The van der Waals surface area contributed by atoms with E-state index in [1.165, 1.54) is 6.07 Å². The number of nitrogens with zero attached hydrogens (tertiary/aromatic N) is 1. The molecule has 1 aromatic carbocycles. The van der Waals surface area contributed by atoms with Crippen molar-refractivity contribution in [2.45, 2.75) is 26.2 Å². The van der Waals surface area contributed by atoms with Crippen molar-refractivity contribution < 1.29 is 9.72 Å². The van der Waals surface area contributed by atoms with Crippen LogP contribution in [0.2, 0.25) is 0 Å². The van der Waals surface area contributed by atoms with E-state index in [9.17, 15) is 14.9 Å². The van der Waals surface area contributed by atoms with E-state index in [2.05, 4.69) is 10.6 Å². The molecule has 0 radical (unpaired) electrons. The van der Waals surface area contributed by atoms with Crippen LogP contribution in [0.5, 0.6) is 0 Å². The molecule has 6 nitrogen and oxygen atoms in total. The molecule has 0 saturated carbocycles. The maximum absolute atomic E-state index is 11.8. The van der Waals surface area contributed by atoms with Crippen LogP contribution in [0.15, 0.2) is 18.2 Å². The van der Waals surface area contributed by atoms with Crippen LogP contribution in [0.4, 0.5) is 11.4 Å². The second-order valence-electron chi connectivity index (χ2n) is 5.20. The van der Waals surface area contributed by atoms with Crippen LogP contribution in [0.25, 0.3) is 0 Å². The van der Waals surface area contributed by atoms with E-state index in [0.29, 0.717) is 23.6 Å². The zero-order valence-electron chi connectivity index (χ0n) is 11.5. The summed E-state index contributed by atoms with van der Waals surface area (Å²) in [6.45, 7) is 3.69. The number of nitro benzene ring substituents is 1. The van der Waals surface area contributed by atoms with Gasteiger partial charge in [-0.1, -0.05) is 0 Å². The molecule has 108 valence electrons. The van der Waals surface area contributed by atoms with Crippen molar-refractivity contribution >= 4 is 17.3 Å². The quantitative estimate of drug-likeness (QED) is 0.638. The van der Waals surface area contributed by atoms with Gasteiger partial charge in [-0.3, -0.25) is 14.9 Å². The normalized spacial score (nSPS) is 17.9. The van der Waals surface area contributed by atoms with Crippen LogP contribution >= 0.6 is 0 Å². The van der Waals surface area contributed by atoms with Crippen LogP contribution < -0.4 is 10.6 Å². The van der Waals surface area contributed by atoms with Gasteiger partial charge in [-0.15, -0.1) is 0 Å². The number of aryl methyl sites for hydroxylation is 1. The van der Waals surface area contributed by atoms with Gasteiger partial charge < -0.3 is 10.6 Å². The minimum atomic E-state index is -0.423. The first kappa shape index (κ1) is 14.5. The largest absolute Gasteiger partial charge is 0.326 e. The predicted octanol–water partition coefficient (Wildman–Crippen LogP) is 2.23. The highest BCUT2D eigenvalue weighted by Crippen LogP contribution is 2.22. The molecule has 1 heterocycles. The zero-order chi connectivity index (χ0) is 14.5. The summed E-state index contributed by atoms with van der Waals surface area (Å²) in [5, 5.41) is 16.8. The molecular weight excluding hydrogens is 258 g/mol. The van der Waals surface area contributed by atoms with Crippen molar-refractivity contribution in [1.82, 2.24) is 5.32 Å². The van der Waals surface area contributed by atoms with Crippen LogP contribution in [-0.2, 0) is 4.79 Å². The molecule has 0 spiro atoms. The molecular formula is C14H19N3O3. The summed E-state index contributed by atoms with van der Waals surface area (Å²) in [4.78, 5) is 22.1. The molecule has 0 aromatic heterocycles. The van der Waals surface area contributed by atoms with Gasteiger partial charge in [0.25, 0.3) is 5.69 Å². The second-order valence-corrected chi connectivity index (χ2v) is 5.20. The van der Waals surface area contributed by atoms with Gasteiger partial charge in [-0.25, -0.2) is 0 Å². The summed E-state index contributed by atoms with van der Waals surface area (Å²) in [5.74, 6) is 0.546. The van der Waals surface area contributed by atoms with E-state index in [1.54, 1.807) is 19.1 Å². The Balaban J connectivity index is 1.87. The Morgan fingerprint density at radius 3 is 2.95 bits per heavy atom. The maximum Gasteiger partial charge on any atom is 0.272 e. The van der Waals surface area contributed by atoms with Gasteiger partial charge >= 0.3 is 0 Å². The van der Waals surface area contributed by atoms with Crippen LogP contribution in [-0.4, -0.2) is 23.9 Å². The van der Waals surface area contributed by atoms with E-state index < -0.39 is 4.92 Å². The molecule has 1 saturated heterocycles. The lowest BCUT2D eigenvalue weighted by molar-refractivity contribution is -0.385. The van der Waals surface area contributed by atoms with Crippen molar-refractivity contribution in [3.05, 3.63) is 33.9 Å². The number of hydrogen-bond donors (Lipinski definition) is 2. The number of carbonyl (C=O) groups is 1. The van der Waals surface area contributed by atoms with Crippen LogP contribution in [0.1, 0.15) is 24.8 Å². The van der Waals surface area contributed by atoms with Crippen molar-refractivity contribution in [2.75, 3.05) is 18.4 Å².